The minimum Gasteiger partial charge on any atom is -0.338 e. The van der Waals surface area contributed by atoms with E-state index in [1.807, 2.05) is 60.7 Å². The molecule has 0 saturated carbocycles. The maximum Gasteiger partial charge on any atom is 4.00 e. The Morgan fingerprint density at radius 3 is 0.762 bits per heavy atom. The molecule has 0 heterocycles. The van der Waals surface area contributed by atoms with Crippen molar-refractivity contribution in [3.63, 3.8) is 0 Å². The van der Waals surface area contributed by atoms with Gasteiger partial charge in [0.2, 0.25) is 0 Å². The standard InChI is InChI=1S/2C5H5.2C5H11.Zr/c2*1-2-4-5-3-1;2*1-5(2,3)4;/h2*1-5H;2*1H2,2-4H3;/q4*-1;+4. The van der Waals surface area contributed by atoms with Gasteiger partial charge in [-0.05, 0) is 0 Å². The zero-order valence-electron chi connectivity index (χ0n) is 14.7. The Kier molecular flexibility index (Phi) is 17.7. The fourth-order valence-electron chi connectivity index (χ4n) is 0.642. The summed E-state index contributed by atoms with van der Waals surface area (Å²) in [5.41, 5.74) is 0.500. The summed E-state index contributed by atoms with van der Waals surface area (Å²) >= 11 is 0. The van der Waals surface area contributed by atoms with Gasteiger partial charge >= 0.3 is 26.2 Å². The van der Waals surface area contributed by atoms with Gasteiger partial charge in [0.1, 0.15) is 0 Å². The Morgan fingerprint density at radius 2 is 0.714 bits per heavy atom. The van der Waals surface area contributed by atoms with Crippen molar-refractivity contribution in [2.75, 3.05) is 0 Å². The van der Waals surface area contributed by atoms with E-state index >= 15 is 0 Å². The van der Waals surface area contributed by atoms with Gasteiger partial charge in [-0.25, -0.2) is 24.3 Å². The molecule has 0 fully saturated rings. The number of rotatable bonds is 0. The third-order valence-electron chi connectivity index (χ3n) is 1.11. The van der Waals surface area contributed by atoms with Crippen LogP contribution in [0.3, 0.4) is 0 Å². The first-order valence-corrected chi connectivity index (χ1v) is 7.04. The molecule has 0 amide bonds. The molecule has 0 aliphatic rings. The third kappa shape index (κ3) is 65.9. The van der Waals surface area contributed by atoms with Crippen LogP contribution in [0.5, 0.6) is 0 Å². The minimum absolute atomic E-state index is 0. The predicted octanol–water partition coefficient (Wildman–Crippen LogP) is 6.54. The largest absolute Gasteiger partial charge is 4.00 e. The molecule has 0 aliphatic carbocycles. The van der Waals surface area contributed by atoms with E-state index in [2.05, 4.69) is 55.4 Å². The van der Waals surface area contributed by atoms with Gasteiger partial charge in [0, 0.05) is 0 Å². The summed E-state index contributed by atoms with van der Waals surface area (Å²) in [5, 5.41) is 0. The summed E-state index contributed by atoms with van der Waals surface area (Å²) < 4.78 is 0. The fraction of sp³-hybridized carbons (Fsp3) is 0.400. The van der Waals surface area contributed by atoms with Crippen molar-refractivity contribution in [2.45, 2.75) is 41.5 Å². The van der Waals surface area contributed by atoms with E-state index in [9.17, 15) is 0 Å². The maximum atomic E-state index is 3.77. The monoisotopic (exact) mass is 362 g/mol. The Morgan fingerprint density at radius 1 is 0.571 bits per heavy atom. The van der Waals surface area contributed by atoms with Crippen LogP contribution >= 0.6 is 0 Å². The molecule has 21 heavy (non-hydrogen) atoms. The normalized spacial score (nSPS) is 9.52. The Labute approximate surface area is 152 Å². The van der Waals surface area contributed by atoms with Crippen LogP contribution in [0.15, 0.2) is 60.7 Å². The molecule has 0 spiro atoms. The second-order valence-corrected chi connectivity index (χ2v) is 7.05. The van der Waals surface area contributed by atoms with E-state index in [4.69, 9.17) is 0 Å². The van der Waals surface area contributed by atoms with Crippen molar-refractivity contribution < 1.29 is 26.2 Å². The fourth-order valence-corrected chi connectivity index (χ4v) is 0.642. The topological polar surface area (TPSA) is 0 Å². The van der Waals surface area contributed by atoms with Gasteiger partial charge in [-0.1, -0.05) is 41.5 Å². The van der Waals surface area contributed by atoms with E-state index in [1.165, 1.54) is 0 Å². The molecule has 1 heteroatoms. The van der Waals surface area contributed by atoms with Gasteiger partial charge in [0.05, 0.1) is 0 Å². The molecular formula is C20H32Zr. The average Bonchev–Trinajstić information content (AvgIpc) is 2.92. The minimum atomic E-state index is 0. The quantitative estimate of drug-likeness (QED) is 0.466. The van der Waals surface area contributed by atoms with Gasteiger partial charge < -0.3 is 13.8 Å². The van der Waals surface area contributed by atoms with E-state index in [0.717, 1.165) is 0 Å². The van der Waals surface area contributed by atoms with Gasteiger partial charge in [-0.2, -0.15) is 47.2 Å². The molecule has 0 nitrogen and oxygen atoms in total. The molecule has 0 aromatic heterocycles. The Bertz CT molecular complexity index is 257. The average molecular weight is 364 g/mol. The van der Waals surface area contributed by atoms with Crippen molar-refractivity contribution in [1.82, 2.24) is 0 Å². The van der Waals surface area contributed by atoms with E-state index < -0.39 is 0 Å². The second kappa shape index (κ2) is 14.5. The third-order valence-corrected chi connectivity index (χ3v) is 1.11. The number of hydrogen-bond acceptors (Lipinski definition) is 0. The molecule has 116 valence electrons. The first-order valence-electron chi connectivity index (χ1n) is 7.04. The predicted molar refractivity (Wildman–Crippen MR) is 93.7 cm³/mol. The summed E-state index contributed by atoms with van der Waals surface area (Å²) in [6.45, 7) is 20.0. The summed E-state index contributed by atoms with van der Waals surface area (Å²) in [7, 11) is 0. The molecule has 2 aromatic rings. The molecule has 0 saturated heterocycles. The van der Waals surface area contributed by atoms with E-state index in [0.29, 0.717) is 0 Å². The van der Waals surface area contributed by atoms with Crippen LogP contribution in [-0.4, -0.2) is 0 Å². The Balaban J connectivity index is -0.000000202. The van der Waals surface area contributed by atoms with E-state index in [-0.39, 0.29) is 37.0 Å². The van der Waals surface area contributed by atoms with Crippen LogP contribution in [0.4, 0.5) is 0 Å². The van der Waals surface area contributed by atoms with Crippen LogP contribution in [0.2, 0.25) is 0 Å². The first kappa shape index (κ1) is 25.5. The molecule has 0 aliphatic heterocycles. The van der Waals surface area contributed by atoms with Crippen LogP contribution in [0.1, 0.15) is 41.5 Å². The van der Waals surface area contributed by atoms with Crippen LogP contribution < -0.4 is 0 Å². The molecule has 0 atom stereocenters. The number of hydrogen-bond donors (Lipinski definition) is 0. The summed E-state index contributed by atoms with van der Waals surface area (Å²) in [4.78, 5) is 0. The first-order chi connectivity index (χ1) is 9.00. The SMILES string of the molecule is [CH2-]C(C)(C)C.[CH2-]C(C)(C)C.[Zr+4].c1cc[cH-]c1.c1cc[cH-]c1. The van der Waals surface area contributed by atoms with Crippen molar-refractivity contribution in [3.8, 4) is 0 Å². The zero-order valence-corrected chi connectivity index (χ0v) is 17.1. The van der Waals surface area contributed by atoms with E-state index in [1.54, 1.807) is 0 Å². The summed E-state index contributed by atoms with van der Waals surface area (Å²) in [6.07, 6.45) is 0. The molecule has 0 unspecified atom stereocenters. The van der Waals surface area contributed by atoms with Crippen LogP contribution in [0, 0.1) is 24.7 Å². The van der Waals surface area contributed by atoms with Crippen molar-refractivity contribution in [3.05, 3.63) is 74.5 Å². The van der Waals surface area contributed by atoms with Gasteiger partial charge in [-0.15, -0.1) is 0 Å². The molecular weight excluding hydrogens is 331 g/mol. The van der Waals surface area contributed by atoms with Gasteiger partial charge in [0.25, 0.3) is 0 Å². The van der Waals surface area contributed by atoms with Gasteiger partial charge in [0.15, 0.2) is 0 Å². The molecule has 2 rings (SSSR count). The molecule has 0 bridgehead atoms. The molecule has 2 aromatic carbocycles. The summed E-state index contributed by atoms with van der Waals surface area (Å²) in [5.74, 6) is 0. The van der Waals surface area contributed by atoms with Crippen molar-refractivity contribution in [2.24, 2.45) is 10.8 Å². The summed E-state index contributed by atoms with van der Waals surface area (Å²) in [6, 6.07) is 20.0. The smallest absolute Gasteiger partial charge is 0.338 e. The zero-order chi connectivity index (χ0) is 16.1. The van der Waals surface area contributed by atoms with Crippen LogP contribution in [-0.2, 0) is 26.2 Å². The van der Waals surface area contributed by atoms with Crippen molar-refractivity contribution in [1.29, 1.82) is 0 Å². The molecule has 0 radical (unpaired) electrons. The Hall–Kier alpha value is -0.417. The van der Waals surface area contributed by atoms with Crippen molar-refractivity contribution >= 4 is 0 Å². The maximum absolute atomic E-state index is 3.77. The van der Waals surface area contributed by atoms with Gasteiger partial charge in [-0.3, -0.25) is 0 Å². The molecule has 0 N–H and O–H groups in total. The second-order valence-electron chi connectivity index (χ2n) is 7.05. The van der Waals surface area contributed by atoms with Crippen LogP contribution in [0.25, 0.3) is 0 Å².